The second-order valence-corrected chi connectivity index (χ2v) is 3.48. The zero-order chi connectivity index (χ0) is 9.84. The lowest BCUT2D eigenvalue weighted by Gasteiger charge is -2.02. The molecule has 1 aromatic heterocycles. The van der Waals surface area contributed by atoms with Gasteiger partial charge in [0.25, 0.3) is 0 Å². The molecule has 2 N–H and O–H groups in total. The fourth-order valence-corrected chi connectivity index (χ4v) is 2.06. The van der Waals surface area contributed by atoms with Gasteiger partial charge in [0.05, 0.1) is 19.1 Å². The van der Waals surface area contributed by atoms with Crippen LogP contribution < -0.4 is 15.2 Å². The first kappa shape index (κ1) is 9.92. The van der Waals surface area contributed by atoms with E-state index in [4.69, 9.17) is 15.2 Å². The Morgan fingerprint density at radius 1 is 1.23 bits per heavy atom. The molecule has 1 aromatic rings. The van der Waals surface area contributed by atoms with E-state index < -0.39 is 0 Å². The van der Waals surface area contributed by atoms with Gasteiger partial charge in [0.2, 0.25) is 0 Å². The maximum atomic E-state index is 5.74. The highest BCUT2D eigenvalue weighted by Gasteiger charge is 2.15. The van der Waals surface area contributed by atoms with Gasteiger partial charge in [-0.25, -0.2) is 0 Å². The number of hydrogen-bond acceptors (Lipinski definition) is 4. The molecule has 0 saturated carbocycles. The molecule has 0 aliphatic heterocycles. The Hall–Kier alpha value is -1.16. The summed E-state index contributed by atoms with van der Waals surface area (Å²) >= 11 is 1.46. The summed E-state index contributed by atoms with van der Waals surface area (Å²) in [6.45, 7) is 1.95. The molecule has 0 fully saturated rings. The Kier molecular flexibility index (Phi) is 3.19. The largest absolute Gasteiger partial charge is 0.491 e. The van der Waals surface area contributed by atoms with E-state index in [0.29, 0.717) is 16.5 Å². The van der Waals surface area contributed by atoms with E-state index >= 15 is 0 Å². The van der Waals surface area contributed by atoms with Gasteiger partial charge in [0.15, 0.2) is 11.5 Å². The molecule has 13 heavy (non-hydrogen) atoms. The van der Waals surface area contributed by atoms with Crippen molar-refractivity contribution in [3.63, 3.8) is 0 Å². The predicted molar refractivity (Wildman–Crippen MR) is 56.5 cm³/mol. The average molecular weight is 199 g/mol. The summed E-state index contributed by atoms with van der Waals surface area (Å²) in [4.78, 5) is 0.986. The van der Waals surface area contributed by atoms with Crippen LogP contribution in [0.2, 0.25) is 0 Å². The van der Waals surface area contributed by atoms with E-state index in [1.165, 1.54) is 11.3 Å². The van der Waals surface area contributed by atoms with E-state index in [-0.39, 0.29) is 0 Å². The first-order chi connectivity index (χ1) is 6.24. The van der Waals surface area contributed by atoms with Crippen LogP contribution in [0.1, 0.15) is 11.8 Å². The molecule has 0 unspecified atom stereocenters. The van der Waals surface area contributed by atoms with Crippen LogP contribution in [-0.4, -0.2) is 14.2 Å². The molecule has 72 valence electrons. The van der Waals surface area contributed by atoms with Crippen LogP contribution in [0.4, 0.5) is 5.00 Å². The number of nitrogens with two attached hydrogens (primary N) is 1. The first-order valence-electron chi connectivity index (χ1n) is 3.87. The Morgan fingerprint density at radius 2 is 1.85 bits per heavy atom. The number of ether oxygens (including phenoxy) is 2. The minimum absolute atomic E-state index is 0.626. The van der Waals surface area contributed by atoms with Crippen molar-refractivity contribution < 1.29 is 9.47 Å². The Labute approximate surface area is 81.8 Å². The van der Waals surface area contributed by atoms with Gasteiger partial charge < -0.3 is 15.2 Å². The molecule has 1 rings (SSSR count). The van der Waals surface area contributed by atoms with Gasteiger partial charge in [-0.2, -0.15) is 0 Å². The molecule has 0 aromatic carbocycles. The minimum Gasteiger partial charge on any atom is -0.491 e. The molecule has 0 spiro atoms. The van der Waals surface area contributed by atoms with Gasteiger partial charge in [0, 0.05) is 0 Å². The monoisotopic (exact) mass is 199 g/mol. The molecule has 0 amide bonds. The zero-order valence-electron chi connectivity index (χ0n) is 7.96. The standard InChI is InChI=1S/C9H13NO2S/c1-4-5-6-7(11-2)8(12-3)9(10)13-6/h4-5H,10H2,1-3H3/b5-4+. The van der Waals surface area contributed by atoms with Crippen LogP contribution in [0.3, 0.4) is 0 Å². The second kappa shape index (κ2) is 4.18. The Morgan fingerprint density at radius 3 is 2.31 bits per heavy atom. The zero-order valence-corrected chi connectivity index (χ0v) is 8.77. The van der Waals surface area contributed by atoms with E-state index in [1.54, 1.807) is 14.2 Å². The lowest BCUT2D eigenvalue weighted by atomic mass is 10.3. The molecule has 3 nitrogen and oxygen atoms in total. The van der Waals surface area contributed by atoms with Crippen LogP contribution in [0, 0.1) is 0 Å². The molecule has 4 heteroatoms. The lowest BCUT2D eigenvalue weighted by Crippen LogP contribution is -1.90. The quantitative estimate of drug-likeness (QED) is 0.812. The van der Waals surface area contributed by atoms with E-state index in [0.717, 1.165) is 4.88 Å². The van der Waals surface area contributed by atoms with Crippen molar-refractivity contribution in [2.75, 3.05) is 20.0 Å². The van der Waals surface area contributed by atoms with Crippen LogP contribution in [0.15, 0.2) is 6.08 Å². The lowest BCUT2D eigenvalue weighted by molar-refractivity contribution is 0.359. The first-order valence-corrected chi connectivity index (χ1v) is 4.69. The number of nitrogen functional groups attached to an aromatic ring is 1. The maximum absolute atomic E-state index is 5.74. The normalized spacial score (nSPS) is 10.7. The van der Waals surface area contributed by atoms with E-state index in [1.807, 2.05) is 19.1 Å². The molecule has 0 aliphatic rings. The summed E-state index contributed by atoms with van der Waals surface area (Å²) in [6, 6.07) is 0. The third-order valence-corrected chi connectivity index (χ3v) is 2.55. The molecule has 0 aliphatic carbocycles. The van der Waals surface area contributed by atoms with E-state index in [2.05, 4.69) is 0 Å². The van der Waals surface area contributed by atoms with Gasteiger partial charge in [-0.05, 0) is 13.0 Å². The van der Waals surface area contributed by atoms with Crippen molar-refractivity contribution in [3.05, 3.63) is 11.0 Å². The summed E-state index contributed by atoms with van der Waals surface area (Å²) in [5.41, 5.74) is 5.74. The highest BCUT2D eigenvalue weighted by atomic mass is 32.1. The van der Waals surface area contributed by atoms with Gasteiger partial charge in [-0.3, -0.25) is 0 Å². The number of hydrogen-bond donors (Lipinski definition) is 1. The number of methoxy groups -OCH3 is 2. The second-order valence-electron chi connectivity index (χ2n) is 2.40. The molecule has 0 radical (unpaired) electrons. The third kappa shape index (κ3) is 1.78. The van der Waals surface area contributed by atoms with Gasteiger partial charge in [-0.1, -0.05) is 6.08 Å². The number of rotatable bonds is 3. The fraction of sp³-hybridized carbons (Fsp3) is 0.333. The van der Waals surface area contributed by atoms with Crippen molar-refractivity contribution in [3.8, 4) is 11.5 Å². The summed E-state index contributed by atoms with van der Waals surface area (Å²) in [7, 11) is 3.19. The van der Waals surface area contributed by atoms with Gasteiger partial charge in [0.1, 0.15) is 5.00 Å². The third-order valence-electron chi connectivity index (χ3n) is 1.60. The SMILES string of the molecule is C/C=C/c1sc(N)c(OC)c1OC. The van der Waals surface area contributed by atoms with Crippen LogP contribution >= 0.6 is 11.3 Å². The van der Waals surface area contributed by atoms with Crippen molar-refractivity contribution in [2.45, 2.75) is 6.92 Å². The summed E-state index contributed by atoms with van der Waals surface area (Å²) in [6.07, 6.45) is 3.88. The number of thiophene rings is 1. The number of allylic oxidation sites excluding steroid dienone is 1. The topological polar surface area (TPSA) is 44.5 Å². The molecular formula is C9H13NO2S. The predicted octanol–water partition coefficient (Wildman–Crippen LogP) is 2.38. The smallest absolute Gasteiger partial charge is 0.195 e. The average Bonchev–Trinajstić information content (AvgIpc) is 2.41. The van der Waals surface area contributed by atoms with Crippen molar-refractivity contribution in [1.29, 1.82) is 0 Å². The number of anilines is 1. The van der Waals surface area contributed by atoms with Crippen LogP contribution in [0.25, 0.3) is 6.08 Å². The van der Waals surface area contributed by atoms with Crippen LogP contribution in [-0.2, 0) is 0 Å². The van der Waals surface area contributed by atoms with Gasteiger partial charge >= 0.3 is 0 Å². The highest BCUT2D eigenvalue weighted by molar-refractivity contribution is 7.17. The molecule has 0 bridgehead atoms. The Bertz CT molecular complexity index is 318. The van der Waals surface area contributed by atoms with Crippen molar-refractivity contribution in [2.24, 2.45) is 0 Å². The maximum Gasteiger partial charge on any atom is 0.195 e. The summed E-state index contributed by atoms with van der Waals surface area (Å²) in [5, 5.41) is 0.646. The molecule has 1 heterocycles. The molecular weight excluding hydrogens is 186 g/mol. The summed E-state index contributed by atoms with van der Waals surface area (Å²) < 4.78 is 10.3. The van der Waals surface area contributed by atoms with Crippen molar-refractivity contribution >= 4 is 22.4 Å². The minimum atomic E-state index is 0.626. The Balaban J connectivity index is 3.21. The highest BCUT2D eigenvalue weighted by Crippen LogP contribution is 2.44. The van der Waals surface area contributed by atoms with Crippen LogP contribution in [0.5, 0.6) is 11.5 Å². The van der Waals surface area contributed by atoms with E-state index in [9.17, 15) is 0 Å². The van der Waals surface area contributed by atoms with Gasteiger partial charge in [-0.15, -0.1) is 11.3 Å². The fourth-order valence-electron chi connectivity index (χ4n) is 1.08. The summed E-state index contributed by atoms with van der Waals surface area (Å²) in [5.74, 6) is 1.34. The van der Waals surface area contributed by atoms with Crippen molar-refractivity contribution in [1.82, 2.24) is 0 Å². The molecule has 0 atom stereocenters. The molecule has 0 saturated heterocycles.